The third kappa shape index (κ3) is 6.31. The van der Waals surface area contributed by atoms with Crippen molar-refractivity contribution >= 4 is 11.6 Å². The number of nitrogens with one attached hydrogen (secondary N) is 1. The van der Waals surface area contributed by atoms with Crippen molar-refractivity contribution in [3.8, 4) is 0 Å². The van der Waals surface area contributed by atoms with Gasteiger partial charge >= 0.3 is 0 Å². The molecule has 1 aliphatic heterocycles. The van der Waals surface area contributed by atoms with Gasteiger partial charge < -0.3 is 16.2 Å². The second-order valence-corrected chi connectivity index (χ2v) is 8.03. The number of piperidine rings is 1. The standard InChI is InChI=1S/C24H34N4O/c1-3-18(2)19-8-10-22(11-9-19)27-24(25)26-16-20-6-4-5-7-21(20)17-28-14-12-23(29)13-15-28/h4-11,18,23,29H,3,12-17H2,1-2H3,(H3,25,26,27). The molecule has 1 fully saturated rings. The van der Waals surface area contributed by atoms with Crippen LogP contribution in [0.15, 0.2) is 53.5 Å². The molecule has 1 aliphatic rings. The predicted molar refractivity (Wildman–Crippen MR) is 121 cm³/mol. The first-order chi connectivity index (χ1) is 14.0. The molecule has 1 atom stereocenters. The van der Waals surface area contributed by atoms with Gasteiger partial charge in [0.15, 0.2) is 5.96 Å². The molecule has 1 heterocycles. The molecule has 156 valence electrons. The Kier molecular flexibility index (Phi) is 7.67. The molecule has 0 aromatic heterocycles. The fraction of sp³-hybridized carbons (Fsp3) is 0.458. The molecule has 4 N–H and O–H groups in total. The van der Waals surface area contributed by atoms with Gasteiger partial charge in [0.2, 0.25) is 0 Å². The first kappa shape index (κ1) is 21.3. The van der Waals surface area contributed by atoms with Crippen LogP contribution in [0, 0.1) is 0 Å². The van der Waals surface area contributed by atoms with Gasteiger partial charge in [-0.05, 0) is 54.0 Å². The number of hydrogen-bond donors (Lipinski definition) is 3. The van der Waals surface area contributed by atoms with E-state index in [1.165, 1.54) is 16.7 Å². The lowest BCUT2D eigenvalue weighted by atomic mass is 9.99. The van der Waals surface area contributed by atoms with Gasteiger partial charge in [0.25, 0.3) is 0 Å². The number of rotatable bonds is 7. The highest BCUT2D eigenvalue weighted by molar-refractivity contribution is 5.92. The SMILES string of the molecule is CCC(C)c1ccc(NC(N)=NCc2ccccc2CN2CCC(O)CC2)cc1. The Morgan fingerprint density at radius 2 is 1.79 bits per heavy atom. The molecule has 5 nitrogen and oxygen atoms in total. The van der Waals surface area contributed by atoms with E-state index in [-0.39, 0.29) is 6.10 Å². The zero-order valence-corrected chi connectivity index (χ0v) is 17.6. The van der Waals surface area contributed by atoms with Crippen LogP contribution in [0.1, 0.15) is 55.7 Å². The Bertz CT molecular complexity index is 795. The lowest BCUT2D eigenvalue weighted by Crippen LogP contribution is -2.35. The summed E-state index contributed by atoms with van der Waals surface area (Å²) in [5.41, 5.74) is 10.9. The highest BCUT2D eigenvalue weighted by Gasteiger charge is 2.17. The Morgan fingerprint density at radius 1 is 1.14 bits per heavy atom. The van der Waals surface area contributed by atoms with Crippen molar-refractivity contribution < 1.29 is 5.11 Å². The normalized spacial score (nSPS) is 17.3. The molecule has 0 aliphatic carbocycles. The van der Waals surface area contributed by atoms with Crippen molar-refractivity contribution in [3.05, 3.63) is 65.2 Å². The van der Waals surface area contributed by atoms with Crippen molar-refractivity contribution in [1.82, 2.24) is 4.90 Å². The van der Waals surface area contributed by atoms with Crippen LogP contribution in [-0.4, -0.2) is 35.2 Å². The van der Waals surface area contributed by atoms with Gasteiger partial charge in [-0.2, -0.15) is 0 Å². The van der Waals surface area contributed by atoms with Crippen molar-refractivity contribution in [1.29, 1.82) is 0 Å². The molecular formula is C24H34N4O. The van der Waals surface area contributed by atoms with Crippen molar-refractivity contribution in [2.45, 2.75) is 58.2 Å². The minimum Gasteiger partial charge on any atom is -0.393 e. The second-order valence-electron chi connectivity index (χ2n) is 8.03. The molecule has 0 radical (unpaired) electrons. The average molecular weight is 395 g/mol. The van der Waals surface area contributed by atoms with Crippen LogP contribution in [0.3, 0.4) is 0 Å². The fourth-order valence-electron chi connectivity index (χ4n) is 3.67. The van der Waals surface area contributed by atoms with Crippen molar-refractivity contribution in [2.75, 3.05) is 18.4 Å². The minimum absolute atomic E-state index is 0.142. The van der Waals surface area contributed by atoms with Gasteiger partial charge in [0, 0.05) is 25.3 Å². The average Bonchev–Trinajstić information content (AvgIpc) is 2.74. The van der Waals surface area contributed by atoms with E-state index in [1.54, 1.807) is 0 Å². The quantitative estimate of drug-likeness (QED) is 0.489. The van der Waals surface area contributed by atoms with E-state index in [0.29, 0.717) is 18.4 Å². The summed E-state index contributed by atoms with van der Waals surface area (Å²) < 4.78 is 0. The zero-order chi connectivity index (χ0) is 20.6. The van der Waals surface area contributed by atoms with Crippen molar-refractivity contribution in [3.63, 3.8) is 0 Å². The Morgan fingerprint density at radius 3 is 2.45 bits per heavy atom. The van der Waals surface area contributed by atoms with E-state index in [0.717, 1.165) is 44.6 Å². The molecule has 2 aromatic rings. The largest absolute Gasteiger partial charge is 0.393 e. The number of nitrogens with zero attached hydrogens (tertiary/aromatic N) is 2. The first-order valence-corrected chi connectivity index (χ1v) is 10.7. The van der Waals surface area contributed by atoms with Crippen LogP contribution in [0.2, 0.25) is 0 Å². The molecule has 1 saturated heterocycles. The van der Waals surface area contributed by atoms with Gasteiger partial charge in [-0.25, -0.2) is 4.99 Å². The van der Waals surface area contributed by atoms with E-state index in [9.17, 15) is 5.11 Å². The maximum Gasteiger partial charge on any atom is 0.193 e. The number of anilines is 1. The number of aliphatic imine (C=N–C) groups is 1. The van der Waals surface area contributed by atoms with Crippen LogP contribution in [-0.2, 0) is 13.1 Å². The van der Waals surface area contributed by atoms with Crippen LogP contribution < -0.4 is 11.1 Å². The van der Waals surface area contributed by atoms with Crippen LogP contribution in [0.4, 0.5) is 5.69 Å². The lowest BCUT2D eigenvalue weighted by Gasteiger charge is -2.30. The summed E-state index contributed by atoms with van der Waals surface area (Å²) in [5.74, 6) is 0.993. The second kappa shape index (κ2) is 10.4. The molecule has 2 aromatic carbocycles. The molecule has 5 heteroatoms. The molecular weight excluding hydrogens is 360 g/mol. The highest BCUT2D eigenvalue weighted by Crippen LogP contribution is 2.21. The van der Waals surface area contributed by atoms with Gasteiger partial charge in [-0.3, -0.25) is 4.90 Å². The zero-order valence-electron chi connectivity index (χ0n) is 17.6. The van der Waals surface area contributed by atoms with Crippen LogP contribution in [0.5, 0.6) is 0 Å². The third-order valence-electron chi connectivity index (χ3n) is 5.85. The maximum atomic E-state index is 9.70. The highest BCUT2D eigenvalue weighted by atomic mass is 16.3. The number of hydrogen-bond acceptors (Lipinski definition) is 3. The van der Waals surface area contributed by atoms with E-state index in [1.807, 2.05) is 6.07 Å². The van der Waals surface area contributed by atoms with Gasteiger partial charge in [-0.15, -0.1) is 0 Å². The lowest BCUT2D eigenvalue weighted by molar-refractivity contribution is 0.0791. The van der Waals surface area contributed by atoms with Gasteiger partial charge in [-0.1, -0.05) is 50.2 Å². The Labute approximate surface area is 174 Å². The smallest absolute Gasteiger partial charge is 0.193 e. The summed E-state index contributed by atoms with van der Waals surface area (Å²) in [6.07, 6.45) is 2.70. The summed E-state index contributed by atoms with van der Waals surface area (Å²) in [4.78, 5) is 6.95. The topological polar surface area (TPSA) is 73.9 Å². The monoisotopic (exact) mass is 394 g/mol. The number of likely N-dealkylation sites (tertiary alicyclic amines) is 1. The molecule has 29 heavy (non-hydrogen) atoms. The van der Waals surface area contributed by atoms with E-state index < -0.39 is 0 Å². The van der Waals surface area contributed by atoms with E-state index >= 15 is 0 Å². The van der Waals surface area contributed by atoms with E-state index in [2.05, 4.69) is 71.5 Å². The predicted octanol–water partition coefficient (Wildman–Crippen LogP) is 4.08. The van der Waals surface area contributed by atoms with E-state index in [4.69, 9.17) is 5.73 Å². The maximum absolute atomic E-state index is 9.70. The summed E-state index contributed by atoms with van der Waals surface area (Å²) in [6, 6.07) is 16.8. The summed E-state index contributed by atoms with van der Waals surface area (Å²) in [7, 11) is 0. The van der Waals surface area contributed by atoms with Gasteiger partial charge in [0.1, 0.15) is 0 Å². The van der Waals surface area contributed by atoms with Crippen molar-refractivity contribution in [2.24, 2.45) is 10.7 Å². The first-order valence-electron chi connectivity index (χ1n) is 10.7. The van der Waals surface area contributed by atoms with Crippen LogP contribution in [0.25, 0.3) is 0 Å². The number of benzene rings is 2. The van der Waals surface area contributed by atoms with Gasteiger partial charge in [0.05, 0.1) is 12.6 Å². The molecule has 3 rings (SSSR count). The summed E-state index contributed by atoms with van der Waals surface area (Å²) in [6.45, 7) is 7.76. The number of guanidine groups is 1. The molecule has 0 amide bonds. The molecule has 0 spiro atoms. The summed E-state index contributed by atoms with van der Waals surface area (Å²) in [5, 5.41) is 12.9. The Balaban J connectivity index is 1.59. The molecule has 0 bridgehead atoms. The van der Waals surface area contributed by atoms with Crippen LogP contribution >= 0.6 is 0 Å². The number of aliphatic hydroxyl groups is 1. The minimum atomic E-state index is -0.142. The molecule has 0 saturated carbocycles. The number of nitrogens with two attached hydrogens (primary N) is 1. The fourth-order valence-corrected chi connectivity index (χ4v) is 3.67. The third-order valence-corrected chi connectivity index (χ3v) is 5.85. The number of aliphatic hydroxyl groups excluding tert-OH is 1. The Hall–Kier alpha value is -2.37. The molecule has 1 unspecified atom stereocenters. The summed E-state index contributed by atoms with van der Waals surface area (Å²) >= 11 is 0.